The monoisotopic (exact) mass is 300 g/mol. The molecule has 2 N–H and O–H groups in total. The Morgan fingerprint density at radius 1 is 1.18 bits per heavy atom. The number of nitrogens with one attached hydrogen (secondary N) is 1. The summed E-state index contributed by atoms with van der Waals surface area (Å²) in [4.78, 5) is 22.9. The van der Waals surface area contributed by atoms with Crippen LogP contribution in [-0.4, -0.2) is 27.6 Å². The molecule has 116 valence electrons. The number of aryl methyl sites for hydroxylation is 2. The van der Waals surface area contributed by atoms with Crippen molar-refractivity contribution in [3.05, 3.63) is 59.4 Å². The molecule has 1 atom stereocenters. The molecule has 2 aromatic rings. The molecule has 1 heterocycles. The lowest BCUT2D eigenvalue weighted by Gasteiger charge is -2.14. The van der Waals surface area contributed by atoms with Crippen LogP contribution in [-0.2, 0) is 13.5 Å². The van der Waals surface area contributed by atoms with Crippen LogP contribution >= 0.6 is 0 Å². The number of hydrogen-bond acceptors (Lipinski definition) is 2. The van der Waals surface area contributed by atoms with Crippen LogP contribution in [0.15, 0.2) is 42.6 Å². The SMILES string of the molecule is C[C@@H](CCc1cccn1C)NC(=O)c1ccc(C(=O)O)cc1. The van der Waals surface area contributed by atoms with Gasteiger partial charge in [-0.25, -0.2) is 4.79 Å². The fourth-order valence-electron chi connectivity index (χ4n) is 2.26. The van der Waals surface area contributed by atoms with E-state index in [9.17, 15) is 9.59 Å². The van der Waals surface area contributed by atoms with E-state index >= 15 is 0 Å². The van der Waals surface area contributed by atoms with Gasteiger partial charge >= 0.3 is 5.97 Å². The second-order valence-corrected chi connectivity index (χ2v) is 5.41. The fourth-order valence-corrected chi connectivity index (χ4v) is 2.26. The number of aromatic nitrogens is 1. The fraction of sp³-hybridized carbons (Fsp3) is 0.294. The lowest BCUT2D eigenvalue weighted by Crippen LogP contribution is -2.33. The minimum Gasteiger partial charge on any atom is -0.478 e. The quantitative estimate of drug-likeness (QED) is 0.861. The molecule has 0 saturated carbocycles. The van der Waals surface area contributed by atoms with Crippen LogP contribution in [0, 0.1) is 0 Å². The summed E-state index contributed by atoms with van der Waals surface area (Å²) in [6, 6.07) is 10.0. The van der Waals surface area contributed by atoms with Crippen LogP contribution < -0.4 is 5.32 Å². The number of carboxylic acids is 1. The first-order valence-corrected chi connectivity index (χ1v) is 7.22. The number of carboxylic acid groups (broad SMARTS) is 1. The molecule has 0 unspecified atom stereocenters. The van der Waals surface area contributed by atoms with Crippen molar-refractivity contribution in [3.8, 4) is 0 Å². The molecule has 5 nitrogen and oxygen atoms in total. The highest BCUT2D eigenvalue weighted by atomic mass is 16.4. The summed E-state index contributed by atoms with van der Waals surface area (Å²) < 4.78 is 2.07. The summed E-state index contributed by atoms with van der Waals surface area (Å²) in [5, 5.41) is 11.8. The molecule has 0 aliphatic heterocycles. The van der Waals surface area contributed by atoms with Gasteiger partial charge in [-0.2, -0.15) is 0 Å². The lowest BCUT2D eigenvalue weighted by molar-refractivity contribution is 0.0696. The molecular weight excluding hydrogens is 280 g/mol. The third-order valence-electron chi connectivity index (χ3n) is 3.66. The van der Waals surface area contributed by atoms with E-state index in [-0.39, 0.29) is 17.5 Å². The van der Waals surface area contributed by atoms with Gasteiger partial charge in [0.05, 0.1) is 5.56 Å². The van der Waals surface area contributed by atoms with E-state index in [4.69, 9.17) is 5.11 Å². The maximum atomic E-state index is 12.1. The highest BCUT2D eigenvalue weighted by Gasteiger charge is 2.11. The Morgan fingerprint density at radius 2 is 1.82 bits per heavy atom. The third-order valence-corrected chi connectivity index (χ3v) is 3.66. The molecule has 1 aromatic heterocycles. The highest BCUT2D eigenvalue weighted by molar-refractivity contribution is 5.96. The number of rotatable bonds is 6. The van der Waals surface area contributed by atoms with Crippen LogP contribution in [0.4, 0.5) is 0 Å². The summed E-state index contributed by atoms with van der Waals surface area (Å²) in [5.74, 6) is -1.18. The zero-order chi connectivity index (χ0) is 16.1. The van der Waals surface area contributed by atoms with Crippen molar-refractivity contribution in [2.24, 2.45) is 7.05 Å². The van der Waals surface area contributed by atoms with Gasteiger partial charge in [-0.1, -0.05) is 0 Å². The van der Waals surface area contributed by atoms with E-state index < -0.39 is 5.97 Å². The van der Waals surface area contributed by atoms with Gasteiger partial charge in [0.2, 0.25) is 0 Å². The first-order chi connectivity index (χ1) is 10.5. The minimum absolute atomic E-state index is 0.0431. The van der Waals surface area contributed by atoms with Crippen molar-refractivity contribution in [1.82, 2.24) is 9.88 Å². The average molecular weight is 300 g/mol. The molecule has 0 radical (unpaired) electrons. The highest BCUT2D eigenvalue weighted by Crippen LogP contribution is 2.08. The number of nitrogens with zero attached hydrogens (tertiary/aromatic N) is 1. The summed E-state index contributed by atoms with van der Waals surface area (Å²) in [5.41, 5.74) is 1.87. The predicted molar refractivity (Wildman–Crippen MR) is 84.1 cm³/mol. The van der Waals surface area contributed by atoms with E-state index in [1.54, 1.807) is 0 Å². The Kier molecular flexibility index (Phi) is 4.99. The van der Waals surface area contributed by atoms with Crippen molar-refractivity contribution in [2.45, 2.75) is 25.8 Å². The van der Waals surface area contributed by atoms with Crippen LogP contribution in [0.25, 0.3) is 0 Å². The summed E-state index contributed by atoms with van der Waals surface area (Å²) in [6.07, 6.45) is 3.74. The van der Waals surface area contributed by atoms with Gasteiger partial charge in [-0.05, 0) is 56.2 Å². The lowest BCUT2D eigenvalue weighted by atomic mass is 10.1. The normalized spacial score (nSPS) is 11.9. The van der Waals surface area contributed by atoms with Gasteiger partial charge in [0.15, 0.2) is 0 Å². The number of amides is 1. The molecule has 0 aliphatic carbocycles. The van der Waals surface area contributed by atoms with E-state index in [0.29, 0.717) is 5.56 Å². The van der Waals surface area contributed by atoms with E-state index in [1.165, 1.54) is 30.0 Å². The molecular formula is C17H20N2O3. The average Bonchev–Trinajstić information content (AvgIpc) is 2.90. The van der Waals surface area contributed by atoms with Gasteiger partial charge in [-0.3, -0.25) is 4.79 Å². The third kappa shape index (κ3) is 3.97. The van der Waals surface area contributed by atoms with Crippen LogP contribution in [0.2, 0.25) is 0 Å². The van der Waals surface area contributed by atoms with Gasteiger partial charge in [0, 0.05) is 30.5 Å². The van der Waals surface area contributed by atoms with Gasteiger partial charge < -0.3 is 15.0 Å². The molecule has 0 fully saturated rings. The van der Waals surface area contributed by atoms with Crippen LogP contribution in [0.3, 0.4) is 0 Å². The maximum absolute atomic E-state index is 12.1. The predicted octanol–water partition coefficient (Wildman–Crippen LogP) is 2.47. The number of hydrogen-bond donors (Lipinski definition) is 2. The Morgan fingerprint density at radius 3 is 2.36 bits per heavy atom. The molecule has 1 amide bonds. The second kappa shape index (κ2) is 6.93. The molecule has 22 heavy (non-hydrogen) atoms. The molecule has 0 bridgehead atoms. The Labute approximate surface area is 129 Å². The first kappa shape index (κ1) is 15.8. The first-order valence-electron chi connectivity index (χ1n) is 7.22. The molecule has 2 rings (SSSR count). The van der Waals surface area contributed by atoms with E-state index in [0.717, 1.165) is 12.8 Å². The van der Waals surface area contributed by atoms with Gasteiger partial charge in [0.1, 0.15) is 0 Å². The van der Waals surface area contributed by atoms with E-state index in [2.05, 4.69) is 16.0 Å². The summed E-state index contributed by atoms with van der Waals surface area (Å²) >= 11 is 0. The van der Waals surface area contributed by atoms with Crippen molar-refractivity contribution in [3.63, 3.8) is 0 Å². The zero-order valence-electron chi connectivity index (χ0n) is 12.7. The molecule has 0 aliphatic rings. The van der Waals surface area contributed by atoms with Crippen molar-refractivity contribution < 1.29 is 14.7 Å². The van der Waals surface area contributed by atoms with Crippen LogP contribution in [0.5, 0.6) is 0 Å². The molecule has 1 aromatic carbocycles. The summed E-state index contributed by atoms with van der Waals surface area (Å²) in [7, 11) is 2.00. The Bertz CT molecular complexity index is 659. The minimum atomic E-state index is -0.997. The van der Waals surface area contributed by atoms with Gasteiger partial charge in [-0.15, -0.1) is 0 Å². The maximum Gasteiger partial charge on any atom is 0.335 e. The molecule has 5 heteroatoms. The van der Waals surface area contributed by atoms with E-state index in [1.807, 2.05) is 26.2 Å². The smallest absolute Gasteiger partial charge is 0.335 e. The Balaban J connectivity index is 1.88. The standard InChI is InChI=1S/C17H20N2O3/c1-12(5-10-15-4-3-11-19(15)2)18-16(20)13-6-8-14(9-7-13)17(21)22/h3-4,6-9,11-12H,5,10H2,1-2H3,(H,18,20)(H,21,22)/t12-/m0/s1. The van der Waals surface area contributed by atoms with Crippen LogP contribution in [0.1, 0.15) is 39.8 Å². The largest absolute Gasteiger partial charge is 0.478 e. The number of benzene rings is 1. The molecule has 0 spiro atoms. The number of carbonyl (C=O) groups is 2. The Hall–Kier alpha value is -2.56. The zero-order valence-corrected chi connectivity index (χ0v) is 12.7. The topological polar surface area (TPSA) is 71.3 Å². The summed E-state index contributed by atoms with van der Waals surface area (Å²) in [6.45, 7) is 1.96. The number of carbonyl (C=O) groups excluding carboxylic acids is 1. The second-order valence-electron chi connectivity index (χ2n) is 5.41. The van der Waals surface area contributed by atoms with Crippen molar-refractivity contribution in [1.29, 1.82) is 0 Å². The number of aromatic carboxylic acids is 1. The van der Waals surface area contributed by atoms with Gasteiger partial charge in [0.25, 0.3) is 5.91 Å². The van der Waals surface area contributed by atoms with Crippen molar-refractivity contribution >= 4 is 11.9 Å². The molecule has 0 saturated heterocycles. The van der Waals surface area contributed by atoms with Crippen molar-refractivity contribution in [2.75, 3.05) is 0 Å².